The molecule has 0 aliphatic carbocycles. The largest absolute Gasteiger partial charge is 0.494 e. The number of esters is 1. The highest BCUT2D eigenvalue weighted by Gasteiger charge is 2.34. The summed E-state index contributed by atoms with van der Waals surface area (Å²) in [5, 5.41) is 19.3. The Morgan fingerprint density at radius 3 is 2.82 bits per heavy atom. The van der Waals surface area contributed by atoms with Gasteiger partial charge in [0, 0.05) is 12.5 Å². The fourth-order valence-electron chi connectivity index (χ4n) is 2.50. The van der Waals surface area contributed by atoms with Gasteiger partial charge < -0.3 is 19.3 Å². The van der Waals surface area contributed by atoms with Gasteiger partial charge in [0.2, 0.25) is 0 Å². The van der Waals surface area contributed by atoms with E-state index in [9.17, 15) is 18.7 Å². The van der Waals surface area contributed by atoms with Crippen LogP contribution in [0.3, 0.4) is 0 Å². The summed E-state index contributed by atoms with van der Waals surface area (Å²) < 4.78 is 42.1. The third-order valence-electron chi connectivity index (χ3n) is 3.82. The molecule has 0 amide bonds. The molecule has 0 bridgehead atoms. The van der Waals surface area contributed by atoms with Gasteiger partial charge in [-0.2, -0.15) is 0 Å². The number of ether oxygens (including phenoxy) is 3. The Balaban J connectivity index is 1.81. The molecule has 1 N–H and O–H groups in total. The molecule has 2 aromatic rings. The second-order valence-electron chi connectivity index (χ2n) is 5.63. The lowest BCUT2D eigenvalue weighted by Gasteiger charge is -2.22. The molecular formula is C18H16F2N2O5S. The third-order valence-corrected chi connectivity index (χ3v) is 4.79. The first-order valence-electron chi connectivity index (χ1n) is 8.21. The fraction of sp³-hybridized carbons (Fsp3) is 0.278. The van der Waals surface area contributed by atoms with Crippen LogP contribution in [0.15, 0.2) is 36.0 Å². The molecule has 3 rings (SSSR count). The Hall–Kier alpha value is -2.85. The number of methoxy groups -OCH3 is 1. The van der Waals surface area contributed by atoms with Crippen LogP contribution in [0.25, 0.3) is 5.57 Å². The molecule has 1 aromatic carbocycles. The lowest BCUT2D eigenvalue weighted by Crippen LogP contribution is -2.25. The molecule has 7 nitrogen and oxygen atoms in total. The highest BCUT2D eigenvalue weighted by atomic mass is 32.1. The minimum Gasteiger partial charge on any atom is -0.494 e. The van der Waals surface area contributed by atoms with Crippen LogP contribution in [-0.2, 0) is 25.4 Å². The van der Waals surface area contributed by atoms with E-state index in [1.54, 1.807) is 6.92 Å². The SMILES string of the molecule is CCOC(=O)C1=C(OC)C(O)C(c2nnc(Cc3ccc(F)cc3F)s2)=CO1. The Labute approximate surface area is 162 Å². The zero-order valence-electron chi connectivity index (χ0n) is 14.9. The molecule has 0 radical (unpaired) electrons. The number of rotatable bonds is 6. The maximum atomic E-state index is 13.8. The Morgan fingerprint density at radius 2 is 2.14 bits per heavy atom. The second kappa shape index (κ2) is 8.44. The van der Waals surface area contributed by atoms with Crippen molar-refractivity contribution >= 4 is 22.9 Å². The normalized spacial score (nSPS) is 16.5. The highest BCUT2D eigenvalue weighted by Crippen LogP contribution is 2.33. The number of nitrogens with zero attached hydrogens (tertiary/aromatic N) is 2. The van der Waals surface area contributed by atoms with Crippen molar-refractivity contribution in [2.45, 2.75) is 19.4 Å². The molecule has 0 fully saturated rings. The fourth-order valence-corrected chi connectivity index (χ4v) is 3.39. The first-order chi connectivity index (χ1) is 13.4. The van der Waals surface area contributed by atoms with E-state index < -0.39 is 23.7 Å². The summed E-state index contributed by atoms with van der Waals surface area (Å²) in [4.78, 5) is 11.9. The molecule has 1 unspecified atom stereocenters. The molecule has 0 saturated carbocycles. The monoisotopic (exact) mass is 410 g/mol. The van der Waals surface area contributed by atoms with Gasteiger partial charge in [0.1, 0.15) is 34.0 Å². The van der Waals surface area contributed by atoms with E-state index in [1.807, 2.05) is 0 Å². The molecule has 1 atom stereocenters. The smallest absolute Gasteiger partial charge is 0.377 e. The quantitative estimate of drug-likeness (QED) is 0.732. The van der Waals surface area contributed by atoms with Crippen molar-refractivity contribution in [3.8, 4) is 0 Å². The van der Waals surface area contributed by atoms with Crippen LogP contribution < -0.4 is 0 Å². The molecule has 28 heavy (non-hydrogen) atoms. The van der Waals surface area contributed by atoms with Gasteiger partial charge in [-0.15, -0.1) is 10.2 Å². The van der Waals surface area contributed by atoms with E-state index in [4.69, 9.17) is 14.2 Å². The van der Waals surface area contributed by atoms with Crippen LogP contribution >= 0.6 is 11.3 Å². The van der Waals surface area contributed by atoms with E-state index in [-0.39, 0.29) is 35.7 Å². The predicted molar refractivity (Wildman–Crippen MR) is 94.8 cm³/mol. The van der Waals surface area contributed by atoms with E-state index >= 15 is 0 Å². The lowest BCUT2D eigenvalue weighted by molar-refractivity contribution is -0.142. The predicted octanol–water partition coefficient (Wildman–Crippen LogP) is 2.56. The standard InChI is InChI=1S/C18H16F2N2O5S/c1-3-26-18(24)16-15(25-2)14(23)11(8-27-16)17-22-21-13(28-17)6-9-4-5-10(19)7-12(9)20/h4-5,7-8,14,23H,3,6H2,1-2H3. The average Bonchev–Trinajstić information content (AvgIpc) is 3.12. The van der Waals surface area contributed by atoms with Gasteiger partial charge in [-0.3, -0.25) is 0 Å². The number of hydrogen-bond acceptors (Lipinski definition) is 8. The molecule has 1 aliphatic heterocycles. The molecule has 2 heterocycles. The maximum absolute atomic E-state index is 13.8. The van der Waals surface area contributed by atoms with Crippen LogP contribution in [0.2, 0.25) is 0 Å². The van der Waals surface area contributed by atoms with Crippen LogP contribution in [-0.4, -0.2) is 41.1 Å². The van der Waals surface area contributed by atoms with Gasteiger partial charge in [0.05, 0.1) is 19.3 Å². The van der Waals surface area contributed by atoms with Gasteiger partial charge >= 0.3 is 5.97 Å². The Bertz CT molecular complexity index is 957. The number of hydrogen-bond donors (Lipinski definition) is 1. The van der Waals surface area contributed by atoms with Crippen LogP contribution in [0.5, 0.6) is 0 Å². The van der Waals surface area contributed by atoms with E-state index in [2.05, 4.69) is 10.2 Å². The second-order valence-corrected chi connectivity index (χ2v) is 6.69. The summed E-state index contributed by atoms with van der Waals surface area (Å²) in [7, 11) is 1.28. The Kier molecular flexibility index (Phi) is 6.00. The summed E-state index contributed by atoms with van der Waals surface area (Å²) in [6.45, 7) is 1.77. The summed E-state index contributed by atoms with van der Waals surface area (Å²) in [6, 6.07) is 3.29. The molecular weight excluding hydrogens is 394 g/mol. The highest BCUT2D eigenvalue weighted by molar-refractivity contribution is 7.12. The minimum absolute atomic E-state index is 0.106. The van der Waals surface area contributed by atoms with Crippen molar-refractivity contribution in [2.75, 3.05) is 13.7 Å². The van der Waals surface area contributed by atoms with E-state index in [1.165, 1.54) is 19.4 Å². The molecule has 1 aromatic heterocycles. The number of halogens is 2. The van der Waals surface area contributed by atoms with Gasteiger partial charge in [0.25, 0.3) is 5.76 Å². The van der Waals surface area contributed by atoms with E-state index in [0.717, 1.165) is 23.5 Å². The first kappa shape index (κ1) is 19.9. The number of aliphatic hydroxyl groups is 1. The molecule has 1 aliphatic rings. The molecule has 148 valence electrons. The average molecular weight is 410 g/mol. The van der Waals surface area contributed by atoms with E-state index in [0.29, 0.717) is 10.0 Å². The maximum Gasteiger partial charge on any atom is 0.377 e. The zero-order chi connectivity index (χ0) is 20.3. The molecule has 0 saturated heterocycles. The van der Waals surface area contributed by atoms with Crippen molar-refractivity contribution in [2.24, 2.45) is 0 Å². The number of carbonyl (C=O) groups excluding carboxylic acids is 1. The summed E-state index contributed by atoms with van der Waals surface area (Å²) in [6.07, 6.45) is -0.0430. The van der Waals surface area contributed by atoms with Gasteiger partial charge in [-0.05, 0) is 18.6 Å². The van der Waals surface area contributed by atoms with Gasteiger partial charge in [0.15, 0.2) is 5.76 Å². The number of benzene rings is 1. The van der Waals surface area contributed by atoms with Crippen molar-refractivity contribution < 1.29 is 32.9 Å². The minimum atomic E-state index is -1.32. The van der Waals surface area contributed by atoms with Crippen LogP contribution in [0.1, 0.15) is 22.5 Å². The number of aliphatic hydroxyl groups excluding tert-OH is 1. The lowest BCUT2D eigenvalue weighted by atomic mass is 10.1. The molecule has 10 heteroatoms. The van der Waals surface area contributed by atoms with Crippen molar-refractivity contribution in [3.63, 3.8) is 0 Å². The summed E-state index contributed by atoms with van der Waals surface area (Å²) in [5.74, 6) is -2.47. The molecule has 0 spiro atoms. The number of carbonyl (C=O) groups is 1. The third kappa shape index (κ3) is 4.02. The van der Waals surface area contributed by atoms with Gasteiger partial charge in [-0.25, -0.2) is 13.6 Å². The van der Waals surface area contributed by atoms with Gasteiger partial charge in [-0.1, -0.05) is 17.4 Å². The summed E-state index contributed by atoms with van der Waals surface area (Å²) in [5.41, 5.74) is 0.494. The van der Waals surface area contributed by atoms with Crippen molar-refractivity contribution in [1.29, 1.82) is 0 Å². The topological polar surface area (TPSA) is 90.8 Å². The summed E-state index contributed by atoms with van der Waals surface area (Å²) >= 11 is 1.10. The van der Waals surface area contributed by atoms with Crippen LogP contribution in [0, 0.1) is 11.6 Å². The van der Waals surface area contributed by atoms with Crippen molar-refractivity contribution in [3.05, 3.63) is 63.2 Å². The first-order valence-corrected chi connectivity index (χ1v) is 9.03. The zero-order valence-corrected chi connectivity index (χ0v) is 15.8. The van der Waals surface area contributed by atoms with Crippen molar-refractivity contribution in [1.82, 2.24) is 10.2 Å². The van der Waals surface area contributed by atoms with Crippen LogP contribution in [0.4, 0.5) is 8.78 Å². The Morgan fingerprint density at radius 1 is 1.36 bits per heavy atom. The number of aromatic nitrogens is 2.